The molecular weight excluding hydrogens is 184 g/mol. The first-order valence-electron chi connectivity index (χ1n) is 5.30. The Morgan fingerprint density at radius 3 is 2.60 bits per heavy atom. The molecule has 1 nitrogen and oxygen atoms in total. The summed E-state index contributed by atoms with van der Waals surface area (Å²) >= 11 is 0. The van der Waals surface area contributed by atoms with Crippen molar-refractivity contribution in [2.75, 3.05) is 0 Å². The summed E-state index contributed by atoms with van der Waals surface area (Å²) in [5.74, 6) is 0.890. The Bertz CT molecular complexity index is 366. The third-order valence-corrected chi connectivity index (χ3v) is 2.92. The van der Waals surface area contributed by atoms with Gasteiger partial charge in [-0.05, 0) is 12.0 Å². The topological polar surface area (TPSA) is 9.23 Å². The van der Waals surface area contributed by atoms with Gasteiger partial charge in [-0.25, -0.2) is 0 Å². The summed E-state index contributed by atoms with van der Waals surface area (Å²) in [4.78, 5) is 0. The lowest BCUT2D eigenvalue weighted by Gasteiger charge is -2.28. The standard InChI is InChI=1S/C14H16O/c1-3-10-14(11-9-12(2)15-14)13-7-5-4-6-8-13/h3-8H,1-2,9-11H2. The quantitative estimate of drug-likeness (QED) is 0.675. The van der Waals surface area contributed by atoms with E-state index in [0.29, 0.717) is 0 Å². The minimum Gasteiger partial charge on any atom is -0.487 e. The van der Waals surface area contributed by atoms with Gasteiger partial charge in [-0.15, -0.1) is 6.58 Å². The molecule has 0 aliphatic carbocycles. The van der Waals surface area contributed by atoms with Crippen LogP contribution >= 0.6 is 0 Å². The molecule has 0 radical (unpaired) electrons. The number of allylic oxidation sites excluding steroid dienone is 1. The zero-order valence-electron chi connectivity index (χ0n) is 8.91. The van der Waals surface area contributed by atoms with Gasteiger partial charge in [0.05, 0.1) is 5.76 Å². The van der Waals surface area contributed by atoms with Crippen LogP contribution in [0, 0.1) is 0 Å². The van der Waals surface area contributed by atoms with Crippen molar-refractivity contribution in [3.05, 3.63) is 60.9 Å². The fourth-order valence-corrected chi connectivity index (χ4v) is 2.16. The summed E-state index contributed by atoms with van der Waals surface area (Å²) in [5, 5.41) is 0. The molecule has 2 rings (SSSR count). The molecule has 0 amide bonds. The molecule has 0 bridgehead atoms. The van der Waals surface area contributed by atoms with Gasteiger partial charge in [0, 0.05) is 12.8 Å². The van der Waals surface area contributed by atoms with E-state index in [9.17, 15) is 0 Å². The molecule has 1 heteroatoms. The van der Waals surface area contributed by atoms with Crippen molar-refractivity contribution in [3.63, 3.8) is 0 Å². The SMILES string of the molecule is C=CCC1(c2ccccc2)CCC(=C)O1. The average Bonchev–Trinajstić information content (AvgIpc) is 2.63. The van der Waals surface area contributed by atoms with Crippen LogP contribution in [0.2, 0.25) is 0 Å². The molecule has 0 aromatic heterocycles. The van der Waals surface area contributed by atoms with Crippen LogP contribution in [-0.4, -0.2) is 0 Å². The number of benzene rings is 1. The molecule has 15 heavy (non-hydrogen) atoms. The first kappa shape index (κ1) is 10.0. The molecular formula is C14H16O. The smallest absolute Gasteiger partial charge is 0.137 e. The van der Waals surface area contributed by atoms with Crippen LogP contribution in [0.3, 0.4) is 0 Å². The molecule has 1 saturated heterocycles. The van der Waals surface area contributed by atoms with E-state index in [0.717, 1.165) is 25.0 Å². The summed E-state index contributed by atoms with van der Waals surface area (Å²) in [6, 6.07) is 10.3. The second kappa shape index (κ2) is 3.93. The number of hydrogen-bond acceptors (Lipinski definition) is 1. The van der Waals surface area contributed by atoms with Crippen LogP contribution in [0.25, 0.3) is 0 Å². The summed E-state index contributed by atoms with van der Waals surface area (Å²) < 4.78 is 5.91. The molecule has 1 aromatic rings. The Kier molecular flexibility index (Phi) is 2.63. The summed E-state index contributed by atoms with van der Waals surface area (Å²) in [5.41, 5.74) is 1.02. The summed E-state index contributed by atoms with van der Waals surface area (Å²) in [7, 11) is 0. The van der Waals surface area contributed by atoms with E-state index in [4.69, 9.17) is 4.74 Å². The Hall–Kier alpha value is -1.50. The van der Waals surface area contributed by atoms with Crippen molar-refractivity contribution in [3.8, 4) is 0 Å². The third-order valence-electron chi connectivity index (χ3n) is 2.92. The molecule has 0 N–H and O–H groups in total. The first-order valence-corrected chi connectivity index (χ1v) is 5.30. The van der Waals surface area contributed by atoms with E-state index in [-0.39, 0.29) is 5.60 Å². The van der Waals surface area contributed by atoms with Crippen LogP contribution in [0.4, 0.5) is 0 Å². The van der Waals surface area contributed by atoms with Crippen LogP contribution in [0.15, 0.2) is 55.3 Å². The highest BCUT2D eigenvalue weighted by Gasteiger charge is 2.38. The lowest BCUT2D eigenvalue weighted by molar-refractivity contribution is 0.0398. The number of ether oxygens (including phenoxy) is 1. The zero-order chi connectivity index (χ0) is 10.7. The van der Waals surface area contributed by atoms with Crippen LogP contribution in [-0.2, 0) is 10.3 Å². The van der Waals surface area contributed by atoms with Crippen molar-refractivity contribution >= 4 is 0 Å². The minimum atomic E-state index is -0.208. The molecule has 0 spiro atoms. The average molecular weight is 200 g/mol. The second-order valence-electron chi connectivity index (χ2n) is 3.99. The normalized spacial score (nSPS) is 24.9. The highest BCUT2D eigenvalue weighted by atomic mass is 16.5. The number of hydrogen-bond donors (Lipinski definition) is 0. The zero-order valence-corrected chi connectivity index (χ0v) is 8.91. The van der Waals surface area contributed by atoms with Gasteiger partial charge in [-0.1, -0.05) is 43.0 Å². The first-order chi connectivity index (χ1) is 7.27. The second-order valence-corrected chi connectivity index (χ2v) is 3.99. The minimum absolute atomic E-state index is 0.208. The molecule has 1 unspecified atom stereocenters. The van der Waals surface area contributed by atoms with E-state index < -0.39 is 0 Å². The Morgan fingerprint density at radius 1 is 1.33 bits per heavy atom. The van der Waals surface area contributed by atoms with Gasteiger partial charge in [-0.3, -0.25) is 0 Å². The van der Waals surface area contributed by atoms with Crippen LogP contribution < -0.4 is 0 Å². The Labute approximate surface area is 91.1 Å². The molecule has 1 atom stereocenters. The molecule has 1 aromatic carbocycles. The maximum atomic E-state index is 5.91. The van der Waals surface area contributed by atoms with Crippen molar-refractivity contribution in [2.45, 2.75) is 24.9 Å². The summed E-state index contributed by atoms with van der Waals surface area (Å²) in [6.07, 6.45) is 4.71. The Balaban J connectivity index is 2.35. The van der Waals surface area contributed by atoms with E-state index in [1.165, 1.54) is 5.56 Å². The predicted octanol–water partition coefficient (Wildman–Crippen LogP) is 3.78. The molecule has 1 heterocycles. The van der Waals surface area contributed by atoms with E-state index in [2.05, 4.69) is 25.3 Å². The van der Waals surface area contributed by atoms with Crippen molar-refractivity contribution < 1.29 is 4.74 Å². The number of rotatable bonds is 3. The fourth-order valence-electron chi connectivity index (χ4n) is 2.16. The molecule has 1 fully saturated rings. The highest BCUT2D eigenvalue weighted by molar-refractivity contribution is 5.26. The maximum Gasteiger partial charge on any atom is 0.137 e. The molecule has 0 saturated carbocycles. The van der Waals surface area contributed by atoms with E-state index in [1.807, 2.05) is 24.3 Å². The monoisotopic (exact) mass is 200 g/mol. The van der Waals surface area contributed by atoms with Crippen molar-refractivity contribution in [2.24, 2.45) is 0 Å². The largest absolute Gasteiger partial charge is 0.487 e. The van der Waals surface area contributed by atoms with Crippen molar-refractivity contribution in [1.82, 2.24) is 0 Å². The lowest BCUT2D eigenvalue weighted by Crippen LogP contribution is -2.23. The van der Waals surface area contributed by atoms with Crippen LogP contribution in [0.5, 0.6) is 0 Å². The predicted molar refractivity (Wildman–Crippen MR) is 62.4 cm³/mol. The third kappa shape index (κ3) is 1.82. The van der Waals surface area contributed by atoms with Crippen molar-refractivity contribution in [1.29, 1.82) is 0 Å². The Morgan fingerprint density at radius 2 is 2.07 bits per heavy atom. The van der Waals surface area contributed by atoms with Gasteiger partial charge in [0.15, 0.2) is 0 Å². The molecule has 1 aliphatic heterocycles. The highest BCUT2D eigenvalue weighted by Crippen LogP contribution is 2.43. The van der Waals surface area contributed by atoms with Gasteiger partial charge < -0.3 is 4.74 Å². The summed E-state index contributed by atoms with van der Waals surface area (Å²) in [6.45, 7) is 7.71. The molecule has 1 aliphatic rings. The van der Waals surface area contributed by atoms with Gasteiger partial charge in [0.25, 0.3) is 0 Å². The van der Waals surface area contributed by atoms with Gasteiger partial charge >= 0.3 is 0 Å². The lowest BCUT2D eigenvalue weighted by atomic mass is 9.88. The van der Waals surface area contributed by atoms with E-state index >= 15 is 0 Å². The fraction of sp³-hybridized carbons (Fsp3) is 0.286. The molecule has 78 valence electrons. The van der Waals surface area contributed by atoms with Gasteiger partial charge in [-0.2, -0.15) is 0 Å². The van der Waals surface area contributed by atoms with Crippen LogP contribution in [0.1, 0.15) is 24.8 Å². The van der Waals surface area contributed by atoms with Gasteiger partial charge in [0.1, 0.15) is 5.60 Å². The van der Waals surface area contributed by atoms with Gasteiger partial charge in [0.2, 0.25) is 0 Å². The maximum absolute atomic E-state index is 5.91. The van der Waals surface area contributed by atoms with E-state index in [1.54, 1.807) is 0 Å².